The molecule has 1 fully saturated rings. The van der Waals surface area contributed by atoms with E-state index in [1.54, 1.807) is 0 Å². The van der Waals surface area contributed by atoms with Gasteiger partial charge in [-0.15, -0.1) is 9.24 Å². The van der Waals surface area contributed by atoms with Crippen LogP contribution in [0.15, 0.2) is 0 Å². The Hall–Kier alpha value is 0.430. The topological polar surface area (TPSA) is 0 Å². The maximum atomic E-state index is 2.98. The summed E-state index contributed by atoms with van der Waals surface area (Å²) in [4.78, 5) is 0. The summed E-state index contributed by atoms with van der Waals surface area (Å²) in [6, 6.07) is 0. The fourth-order valence-corrected chi connectivity index (χ4v) is 3.21. The summed E-state index contributed by atoms with van der Waals surface area (Å²) < 4.78 is 0. The molecule has 0 bridgehead atoms. The minimum absolute atomic E-state index is 0.602. The highest BCUT2D eigenvalue weighted by atomic mass is 31.0. The van der Waals surface area contributed by atoms with Gasteiger partial charge in [-0.2, -0.15) is 0 Å². The minimum Gasteiger partial charge on any atom is -0.134 e. The third kappa shape index (κ3) is 0.925. The van der Waals surface area contributed by atoms with Gasteiger partial charge in [-0.3, -0.25) is 0 Å². The molecular weight excluding hydrogens is 139 g/mol. The second kappa shape index (κ2) is 2.48. The average molecular weight is 158 g/mol. The van der Waals surface area contributed by atoms with Gasteiger partial charge >= 0.3 is 0 Å². The molecule has 1 saturated carbocycles. The molecule has 0 amide bonds. The number of hydrogen-bond donors (Lipinski definition) is 0. The van der Waals surface area contributed by atoms with E-state index in [0.717, 1.165) is 17.5 Å². The molecule has 4 unspecified atom stereocenters. The van der Waals surface area contributed by atoms with Crippen LogP contribution in [0.5, 0.6) is 0 Å². The van der Waals surface area contributed by atoms with Crippen molar-refractivity contribution in [3.63, 3.8) is 0 Å². The van der Waals surface area contributed by atoms with Crippen molar-refractivity contribution < 1.29 is 0 Å². The molecule has 0 aromatic heterocycles. The van der Waals surface area contributed by atoms with Crippen LogP contribution >= 0.6 is 9.24 Å². The smallest absolute Gasteiger partial charge is 0.0202 e. The lowest BCUT2D eigenvalue weighted by Crippen LogP contribution is -2.49. The van der Waals surface area contributed by atoms with Crippen molar-refractivity contribution in [3.8, 4) is 0 Å². The first-order chi connectivity index (χ1) is 4.49. The quantitative estimate of drug-likeness (QED) is 0.515. The van der Waals surface area contributed by atoms with E-state index in [1.807, 2.05) is 0 Å². The summed E-state index contributed by atoms with van der Waals surface area (Å²) in [7, 11) is 2.98. The highest BCUT2D eigenvalue weighted by molar-refractivity contribution is 7.17. The van der Waals surface area contributed by atoms with Crippen molar-refractivity contribution in [1.82, 2.24) is 0 Å². The van der Waals surface area contributed by atoms with E-state index < -0.39 is 0 Å². The Morgan fingerprint density at radius 3 is 2.10 bits per heavy atom. The van der Waals surface area contributed by atoms with Crippen molar-refractivity contribution in [2.75, 3.05) is 0 Å². The van der Waals surface area contributed by atoms with Gasteiger partial charge in [-0.05, 0) is 29.3 Å². The first kappa shape index (κ1) is 8.53. The first-order valence-electron chi connectivity index (χ1n) is 4.25. The maximum Gasteiger partial charge on any atom is -0.0202 e. The Bertz CT molecular complexity index is 111. The van der Waals surface area contributed by atoms with E-state index in [-0.39, 0.29) is 0 Å². The third-order valence-electron chi connectivity index (χ3n) is 3.71. The second-order valence-corrected chi connectivity index (χ2v) is 5.07. The SMILES string of the molecule is CC(C)C1(C)C(C)CC1P. The molecule has 0 N–H and O–H groups in total. The van der Waals surface area contributed by atoms with Gasteiger partial charge in [0.05, 0.1) is 0 Å². The van der Waals surface area contributed by atoms with Crippen molar-refractivity contribution >= 4 is 9.24 Å². The normalized spacial score (nSPS) is 47.4. The maximum absolute atomic E-state index is 2.98. The summed E-state index contributed by atoms with van der Waals surface area (Å²) in [6.07, 6.45) is 1.40. The van der Waals surface area contributed by atoms with Gasteiger partial charge in [0.15, 0.2) is 0 Å². The fraction of sp³-hybridized carbons (Fsp3) is 1.00. The van der Waals surface area contributed by atoms with Crippen molar-refractivity contribution in [1.29, 1.82) is 0 Å². The number of rotatable bonds is 1. The molecule has 1 heteroatoms. The largest absolute Gasteiger partial charge is 0.134 e. The van der Waals surface area contributed by atoms with Crippen LogP contribution < -0.4 is 0 Å². The Balaban J connectivity index is 2.66. The highest BCUT2D eigenvalue weighted by Crippen LogP contribution is 2.55. The van der Waals surface area contributed by atoms with Crippen LogP contribution in [0.25, 0.3) is 0 Å². The van der Waals surface area contributed by atoms with Crippen LogP contribution in [0.1, 0.15) is 34.1 Å². The molecule has 0 radical (unpaired) electrons. The lowest BCUT2D eigenvalue weighted by atomic mass is 9.56. The van der Waals surface area contributed by atoms with Gasteiger partial charge in [-0.25, -0.2) is 0 Å². The van der Waals surface area contributed by atoms with Crippen LogP contribution in [0.4, 0.5) is 0 Å². The van der Waals surface area contributed by atoms with Crippen molar-refractivity contribution in [2.24, 2.45) is 17.3 Å². The van der Waals surface area contributed by atoms with E-state index >= 15 is 0 Å². The predicted octanol–water partition coefficient (Wildman–Crippen LogP) is 2.93. The molecule has 0 heterocycles. The van der Waals surface area contributed by atoms with Gasteiger partial charge in [0, 0.05) is 0 Å². The van der Waals surface area contributed by atoms with Crippen LogP contribution in [0, 0.1) is 17.3 Å². The molecule has 0 aromatic carbocycles. The molecule has 0 spiro atoms. The first-order valence-corrected chi connectivity index (χ1v) is 4.91. The van der Waals surface area contributed by atoms with Gasteiger partial charge in [0.1, 0.15) is 0 Å². The molecule has 60 valence electrons. The summed E-state index contributed by atoms with van der Waals surface area (Å²) in [6.45, 7) is 9.48. The van der Waals surface area contributed by atoms with Gasteiger partial charge in [0.25, 0.3) is 0 Å². The van der Waals surface area contributed by atoms with Crippen LogP contribution in [0.2, 0.25) is 0 Å². The minimum atomic E-state index is 0.602. The highest BCUT2D eigenvalue weighted by Gasteiger charge is 2.48. The monoisotopic (exact) mass is 158 g/mol. The number of hydrogen-bond acceptors (Lipinski definition) is 0. The molecule has 1 aliphatic rings. The molecular formula is C9H19P. The standard InChI is InChI=1S/C9H19P/c1-6(2)9(4)7(3)5-8(9)10/h6-8H,5,10H2,1-4H3. The molecule has 10 heavy (non-hydrogen) atoms. The Labute approximate surface area is 67.0 Å². The zero-order chi connectivity index (χ0) is 7.94. The fourth-order valence-electron chi connectivity index (χ4n) is 2.09. The molecule has 0 aromatic rings. The van der Waals surface area contributed by atoms with Gasteiger partial charge < -0.3 is 0 Å². The molecule has 0 nitrogen and oxygen atoms in total. The summed E-state index contributed by atoms with van der Waals surface area (Å²) in [5, 5.41) is 0. The summed E-state index contributed by atoms with van der Waals surface area (Å²) in [5.41, 5.74) is 1.47. The molecule has 1 rings (SSSR count). The van der Waals surface area contributed by atoms with Crippen molar-refractivity contribution in [3.05, 3.63) is 0 Å². The summed E-state index contributed by atoms with van der Waals surface area (Å²) >= 11 is 0. The Morgan fingerprint density at radius 2 is 2.00 bits per heavy atom. The van der Waals surface area contributed by atoms with Crippen LogP contribution in [-0.2, 0) is 0 Å². The van der Waals surface area contributed by atoms with Crippen molar-refractivity contribution in [2.45, 2.75) is 39.8 Å². The molecule has 0 saturated heterocycles. The Kier molecular flexibility index (Phi) is 2.12. The van der Waals surface area contributed by atoms with Gasteiger partial charge in [0.2, 0.25) is 0 Å². The summed E-state index contributed by atoms with van der Waals surface area (Å²) in [5.74, 6) is 1.76. The zero-order valence-corrected chi connectivity index (χ0v) is 8.67. The molecule has 1 aliphatic carbocycles. The van der Waals surface area contributed by atoms with E-state index in [1.165, 1.54) is 6.42 Å². The molecule has 0 aliphatic heterocycles. The van der Waals surface area contributed by atoms with Crippen LogP contribution in [0.3, 0.4) is 0 Å². The second-order valence-electron chi connectivity index (χ2n) is 4.26. The lowest BCUT2D eigenvalue weighted by molar-refractivity contribution is 0.0240. The molecule has 4 atom stereocenters. The van der Waals surface area contributed by atoms with Gasteiger partial charge in [-0.1, -0.05) is 27.7 Å². The zero-order valence-electron chi connectivity index (χ0n) is 7.52. The van der Waals surface area contributed by atoms with E-state index in [4.69, 9.17) is 0 Å². The third-order valence-corrected chi connectivity index (χ3v) is 4.70. The van der Waals surface area contributed by atoms with E-state index in [0.29, 0.717) is 5.41 Å². The van der Waals surface area contributed by atoms with Crippen LogP contribution in [-0.4, -0.2) is 5.66 Å². The predicted molar refractivity (Wildman–Crippen MR) is 50.2 cm³/mol. The lowest BCUT2D eigenvalue weighted by Gasteiger charge is -2.54. The van der Waals surface area contributed by atoms with E-state index in [2.05, 4.69) is 36.9 Å². The van der Waals surface area contributed by atoms with E-state index in [9.17, 15) is 0 Å². The Morgan fingerprint density at radius 1 is 1.50 bits per heavy atom. The average Bonchev–Trinajstić information content (AvgIpc) is 1.86.